The van der Waals surface area contributed by atoms with Gasteiger partial charge in [0.1, 0.15) is 10.7 Å². The highest BCUT2D eigenvalue weighted by molar-refractivity contribution is 7.16. The van der Waals surface area contributed by atoms with Crippen LogP contribution in [0.5, 0.6) is 0 Å². The Morgan fingerprint density at radius 2 is 1.62 bits per heavy atom. The SMILES string of the molecule is Cc1ccc(-n2nc3c(c2-n2cccc2)CN(C(=O)c2sc(-n4cccc4)nc2C)C3)cc1C. The van der Waals surface area contributed by atoms with E-state index >= 15 is 0 Å². The Kier molecular flexibility index (Phi) is 4.77. The van der Waals surface area contributed by atoms with E-state index in [4.69, 9.17) is 5.10 Å². The van der Waals surface area contributed by atoms with Gasteiger partial charge in [-0.2, -0.15) is 5.10 Å². The zero-order valence-corrected chi connectivity index (χ0v) is 20.1. The molecule has 0 atom stereocenters. The number of amides is 1. The zero-order valence-electron chi connectivity index (χ0n) is 19.3. The number of benzene rings is 1. The van der Waals surface area contributed by atoms with E-state index in [0.717, 1.165) is 33.6 Å². The van der Waals surface area contributed by atoms with Gasteiger partial charge in [-0.1, -0.05) is 17.4 Å². The van der Waals surface area contributed by atoms with Gasteiger partial charge in [0.2, 0.25) is 0 Å². The number of carbonyl (C=O) groups is 1. The molecule has 170 valence electrons. The van der Waals surface area contributed by atoms with Crippen LogP contribution < -0.4 is 0 Å². The fourth-order valence-electron chi connectivity index (χ4n) is 4.42. The van der Waals surface area contributed by atoms with Crippen LogP contribution in [0.25, 0.3) is 16.6 Å². The van der Waals surface area contributed by atoms with Crippen molar-refractivity contribution in [2.45, 2.75) is 33.9 Å². The Balaban J connectivity index is 1.36. The highest BCUT2D eigenvalue weighted by atomic mass is 32.1. The number of hydrogen-bond acceptors (Lipinski definition) is 4. The topological polar surface area (TPSA) is 60.9 Å². The molecular weight excluding hydrogens is 444 g/mol. The maximum absolute atomic E-state index is 13.5. The Morgan fingerprint density at radius 1 is 0.912 bits per heavy atom. The quantitative estimate of drug-likeness (QED) is 0.373. The Hall–Kier alpha value is -3.91. The van der Waals surface area contributed by atoms with Crippen molar-refractivity contribution < 1.29 is 4.79 Å². The smallest absolute Gasteiger partial charge is 0.266 e. The lowest BCUT2D eigenvalue weighted by Gasteiger charge is -2.17. The standard InChI is InChI=1S/C26H24N6OS/c1-17-8-9-20(14-18(17)2)32-24(29-10-4-5-11-29)21-15-31(16-22(21)28-32)25(33)23-19(3)27-26(34-23)30-12-6-7-13-30/h4-14H,15-16H2,1-3H3. The van der Waals surface area contributed by atoms with E-state index in [0.29, 0.717) is 18.0 Å². The van der Waals surface area contributed by atoms with Crippen LogP contribution in [-0.4, -0.2) is 34.7 Å². The van der Waals surface area contributed by atoms with Crippen molar-refractivity contribution in [1.29, 1.82) is 0 Å². The molecule has 0 saturated heterocycles. The highest BCUT2D eigenvalue weighted by Gasteiger charge is 2.33. The third-order valence-electron chi connectivity index (χ3n) is 6.41. The molecule has 1 aliphatic rings. The summed E-state index contributed by atoms with van der Waals surface area (Å²) in [6.07, 6.45) is 7.93. The summed E-state index contributed by atoms with van der Waals surface area (Å²) in [5.74, 6) is 0.982. The van der Waals surface area contributed by atoms with E-state index in [9.17, 15) is 4.79 Å². The first-order valence-corrected chi connectivity index (χ1v) is 12.0. The minimum Gasteiger partial charge on any atom is -0.327 e. The molecular formula is C26H24N6OS. The summed E-state index contributed by atoms with van der Waals surface area (Å²) < 4.78 is 6.02. The maximum Gasteiger partial charge on any atom is 0.266 e. The van der Waals surface area contributed by atoms with Crippen molar-refractivity contribution in [3.05, 3.63) is 100 Å². The third kappa shape index (κ3) is 3.30. The molecule has 34 heavy (non-hydrogen) atoms. The van der Waals surface area contributed by atoms with Crippen LogP contribution in [0.3, 0.4) is 0 Å². The molecule has 0 fully saturated rings. The first-order valence-electron chi connectivity index (χ1n) is 11.2. The minimum atomic E-state index is 0.00240. The molecule has 5 aromatic rings. The molecule has 5 heterocycles. The number of carbonyl (C=O) groups excluding carboxylic acids is 1. The van der Waals surface area contributed by atoms with E-state index in [-0.39, 0.29) is 5.91 Å². The number of fused-ring (bicyclic) bond motifs is 1. The zero-order chi connectivity index (χ0) is 23.4. The van der Waals surface area contributed by atoms with Crippen molar-refractivity contribution in [2.24, 2.45) is 0 Å². The van der Waals surface area contributed by atoms with Gasteiger partial charge in [0.15, 0.2) is 5.13 Å². The van der Waals surface area contributed by atoms with Gasteiger partial charge in [-0.3, -0.25) is 4.79 Å². The van der Waals surface area contributed by atoms with E-state index in [2.05, 4.69) is 41.6 Å². The summed E-state index contributed by atoms with van der Waals surface area (Å²) in [4.78, 5) is 20.7. The molecule has 6 rings (SSSR count). The summed E-state index contributed by atoms with van der Waals surface area (Å²) in [5, 5.41) is 5.77. The van der Waals surface area contributed by atoms with Gasteiger partial charge in [0.05, 0.1) is 30.2 Å². The molecule has 1 aliphatic heterocycles. The van der Waals surface area contributed by atoms with Gasteiger partial charge in [0.25, 0.3) is 5.91 Å². The number of thiazole rings is 1. The average molecular weight is 469 g/mol. The molecule has 1 amide bonds. The summed E-state index contributed by atoms with van der Waals surface area (Å²) in [5.41, 5.74) is 6.27. The fraction of sp³-hybridized carbons (Fsp3) is 0.192. The largest absolute Gasteiger partial charge is 0.327 e. The van der Waals surface area contributed by atoms with Gasteiger partial charge < -0.3 is 14.0 Å². The molecule has 1 aromatic carbocycles. The van der Waals surface area contributed by atoms with Crippen molar-refractivity contribution in [3.63, 3.8) is 0 Å². The first-order chi connectivity index (χ1) is 16.5. The molecule has 8 heteroatoms. The molecule has 0 unspecified atom stereocenters. The molecule has 4 aromatic heterocycles. The van der Waals surface area contributed by atoms with Crippen LogP contribution in [0.15, 0.2) is 67.3 Å². The van der Waals surface area contributed by atoms with Gasteiger partial charge in [-0.15, -0.1) is 0 Å². The molecule has 0 radical (unpaired) electrons. The van der Waals surface area contributed by atoms with Crippen LogP contribution in [-0.2, 0) is 13.1 Å². The Morgan fingerprint density at radius 3 is 2.32 bits per heavy atom. The summed E-state index contributed by atoms with van der Waals surface area (Å²) in [6.45, 7) is 7.13. The third-order valence-corrected chi connectivity index (χ3v) is 7.56. The maximum atomic E-state index is 13.5. The highest BCUT2D eigenvalue weighted by Crippen LogP contribution is 2.33. The lowest BCUT2D eigenvalue weighted by atomic mass is 10.1. The first kappa shape index (κ1) is 20.7. The molecule has 0 spiro atoms. The monoisotopic (exact) mass is 468 g/mol. The van der Waals surface area contributed by atoms with Crippen LogP contribution in [0.2, 0.25) is 0 Å². The fourth-order valence-corrected chi connectivity index (χ4v) is 5.42. The summed E-state index contributed by atoms with van der Waals surface area (Å²) in [7, 11) is 0. The molecule has 0 bridgehead atoms. The van der Waals surface area contributed by atoms with Crippen molar-refractivity contribution in [1.82, 2.24) is 28.8 Å². The number of nitrogens with zero attached hydrogens (tertiary/aromatic N) is 6. The number of aryl methyl sites for hydroxylation is 3. The number of rotatable bonds is 4. The predicted molar refractivity (Wildman–Crippen MR) is 132 cm³/mol. The summed E-state index contributed by atoms with van der Waals surface area (Å²) >= 11 is 1.43. The Labute approximate surface area is 201 Å². The van der Waals surface area contributed by atoms with E-state index < -0.39 is 0 Å². The van der Waals surface area contributed by atoms with Gasteiger partial charge in [-0.25, -0.2) is 9.67 Å². The second-order valence-corrected chi connectivity index (χ2v) is 9.66. The van der Waals surface area contributed by atoms with Crippen molar-refractivity contribution >= 4 is 17.2 Å². The Bertz CT molecular complexity index is 1510. The molecule has 0 saturated carbocycles. The van der Waals surface area contributed by atoms with Crippen LogP contribution in [0, 0.1) is 20.8 Å². The second-order valence-electron chi connectivity index (χ2n) is 8.68. The van der Waals surface area contributed by atoms with Gasteiger partial charge in [0, 0.05) is 30.4 Å². The molecule has 0 N–H and O–H groups in total. The number of hydrogen-bond donors (Lipinski definition) is 0. The van der Waals surface area contributed by atoms with E-state index in [1.165, 1.54) is 22.5 Å². The van der Waals surface area contributed by atoms with E-state index in [1.54, 1.807) is 0 Å². The molecule has 0 aliphatic carbocycles. The van der Waals surface area contributed by atoms with Gasteiger partial charge >= 0.3 is 0 Å². The average Bonchev–Trinajstić information content (AvgIpc) is 3.62. The predicted octanol–water partition coefficient (Wildman–Crippen LogP) is 4.99. The van der Waals surface area contributed by atoms with Crippen LogP contribution in [0.4, 0.5) is 0 Å². The molecule has 7 nitrogen and oxygen atoms in total. The van der Waals surface area contributed by atoms with E-state index in [1.807, 2.05) is 70.1 Å². The van der Waals surface area contributed by atoms with Crippen LogP contribution >= 0.6 is 11.3 Å². The van der Waals surface area contributed by atoms with Gasteiger partial charge in [-0.05, 0) is 68.3 Å². The van der Waals surface area contributed by atoms with Crippen LogP contribution in [0.1, 0.15) is 37.7 Å². The number of aromatic nitrogens is 5. The second kappa shape index (κ2) is 7.85. The normalized spacial score (nSPS) is 13.0. The lowest BCUT2D eigenvalue weighted by Crippen LogP contribution is -2.26. The minimum absolute atomic E-state index is 0.00240. The van der Waals surface area contributed by atoms with Crippen molar-refractivity contribution in [2.75, 3.05) is 0 Å². The van der Waals surface area contributed by atoms with Crippen molar-refractivity contribution in [3.8, 4) is 16.6 Å². The lowest BCUT2D eigenvalue weighted by molar-refractivity contribution is 0.0753. The summed E-state index contributed by atoms with van der Waals surface area (Å²) in [6, 6.07) is 14.3.